The lowest BCUT2D eigenvalue weighted by atomic mass is 10.0. The predicted octanol–water partition coefficient (Wildman–Crippen LogP) is 1.85. The maximum atomic E-state index is 13.9. The summed E-state index contributed by atoms with van der Waals surface area (Å²) in [5, 5.41) is 0. The summed E-state index contributed by atoms with van der Waals surface area (Å²) in [6, 6.07) is 6.93. The zero-order valence-corrected chi connectivity index (χ0v) is 7.54. The summed E-state index contributed by atoms with van der Waals surface area (Å²) in [5.41, 5.74) is -0.731. The van der Waals surface area contributed by atoms with Gasteiger partial charge in [-0.1, -0.05) is 18.2 Å². The summed E-state index contributed by atoms with van der Waals surface area (Å²) in [7, 11) is 1.59. The lowest BCUT2D eigenvalue weighted by Gasteiger charge is -2.12. The average Bonchev–Trinajstić information content (AvgIpc) is 2.30. The Morgan fingerprint density at radius 3 is 2.62 bits per heavy atom. The van der Waals surface area contributed by atoms with Crippen LogP contribution < -0.4 is 4.90 Å². The Balaban J connectivity index is 2.68. The first-order valence-corrected chi connectivity index (χ1v) is 4.11. The fourth-order valence-corrected chi connectivity index (χ4v) is 1.70. The molecule has 2 rings (SSSR count). The van der Waals surface area contributed by atoms with Gasteiger partial charge in [-0.25, -0.2) is 4.39 Å². The molecule has 0 aromatic heterocycles. The minimum absolute atomic E-state index is 0.461. The van der Waals surface area contributed by atoms with Crippen LogP contribution in [0.2, 0.25) is 0 Å². The van der Waals surface area contributed by atoms with Gasteiger partial charge in [-0.05, 0) is 13.0 Å². The molecule has 0 bridgehead atoms. The molecule has 0 aliphatic carbocycles. The molecule has 0 fully saturated rings. The van der Waals surface area contributed by atoms with Crippen LogP contribution in [0.25, 0.3) is 0 Å². The molecular weight excluding hydrogens is 169 g/mol. The van der Waals surface area contributed by atoms with Gasteiger partial charge in [-0.2, -0.15) is 0 Å². The molecule has 1 heterocycles. The van der Waals surface area contributed by atoms with Crippen LogP contribution >= 0.6 is 0 Å². The Kier molecular flexibility index (Phi) is 1.46. The Hall–Kier alpha value is -1.38. The van der Waals surface area contributed by atoms with Gasteiger partial charge in [0.05, 0.1) is 5.69 Å². The van der Waals surface area contributed by atoms with Crippen LogP contribution in [0.15, 0.2) is 24.3 Å². The van der Waals surface area contributed by atoms with Crippen molar-refractivity contribution < 1.29 is 9.18 Å². The van der Waals surface area contributed by atoms with Crippen molar-refractivity contribution in [2.24, 2.45) is 0 Å². The zero-order valence-electron chi connectivity index (χ0n) is 7.54. The van der Waals surface area contributed by atoms with Crippen LogP contribution in [0.5, 0.6) is 0 Å². The van der Waals surface area contributed by atoms with Gasteiger partial charge in [0.1, 0.15) is 0 Å². The molecule has 1 atom stereocenters. The third-order valence-electron chi connectivity index (χ3n) is 2.48. The number of hydrogen-bond acceptors (Lipinski definition) is 1. The van der Waals surface area contributed by atoms with Crippen LogP contribution in [0.1, 0.15) is 12.5 Å². The fourth-order valence-electron chi connectivity index (χ4n) is 1.70. The number of carbonyl (C=O) groups excluding carboxylic acids is 1. The van der Waals surface area contributed by atoms with Crippen molar-refractivity contribution in [2.75, 3.05) is 11.9 Å². The van der Waals surface area contributed by atoms with E-state index in [1.54, 1.807) is 31.3 Å². The second-order valence-electron chi connectivity index (χ2n) is 3.38. The third kappa shape index (κ3) is 0.899. The van der Waals surface area contributed by atoms with Crippen LogP contribution in [0, 0.1) is 0 Å². The number of likely N-dealkylation sites (N-methyl/N-ethyl adjacent to an activating group) is 1. The van der Waals surface area contributed by atoms with Crippen molar-refractivity contribution in [1.82, 2.24) is 0 Å². The van der Waals surface area contributed by atoms with E-state index in [-0.39, 0.29) is 0 Å². The highest BCUT2D eigenvalue weighted by molar-refractivity contribution is 6.06. The second kappa shape index (κ2) is 2.31. The topological polar surface area (TPSA) is 20.3 Å². The van der Waals surface area contributed by atoms with E-state index in [1.807, 2.05) is 0 Å². The Labute approximate surface area is 76.0 Å². The number of hydrogen-bond donors (Lipinski definition) is 0. The monoisotopic (exact) mass is 179 g/mol. The molecule has 68 valence electrons. The first-order chi connectivity index (χ1) is 6.05. The van der Waals surface area contributed by atoms with Gasteiger partial charge in [-0.3, -0.25) is 4.79 Å². The van der Waals surface area contributed by atoms with Crippen molar-refractivity contribution in [3.05, 3.63) is 29.8 Å². The molecule has 0 saturated carbocycles. The van der Waals surface area contributed by atoms with E-state index < -0.39 is 11.6 Å². The number of carbonyl (C=O) groups is 1. The standard InChI is InChI=1S/C10H10FNO/c1-10(11)7-5-3-4-6-8(7)12(2)9(10)13/h3-6H,1-2H3. The number of rotatable bonds is 0. The average molecular weight is 179 g/mol. The SMILES string of the molecule is CN1C(=O)C(C)(F)c2ccccc21. The number of benzene rings is 1. The van der Waals surface area contributed by atoms with E-state index in [4.69, 9.17) is 0 Å². The Morgan fingerprint density at radius 2 is 2.00 bits per heavy atom. The van der Waals surface area contributed by atoms with E-state index >= 15 is 0 Å². The van der Waals surface area contributed by atoms with Crippen LogP contribution in [0.4, 0.5) is 10.1 Å². The highest BCUT2D eigenvalue weighted by Crippen LogP contribution is 2.41. The number of fused-ring (bicyclic) bond motifs is 1. The lowest BCUT2D eigenvalue weighted by molar-refractivity contribution is -0.127. The smallest absolute Gasteiger partial charge is 0.268 e. The number of nitrogens with zero attached hydrogens (tertiary/aromatic N) is 1. The molecule has 1 aromatic carbocycles. The van der Waals surface area contributed by atoms with Crippen molar-refractivity contribution in [3.8, 4) is 0 Å². The van der Waals surface area contributed by atoms with Gasteiger partial charge in [0.25, 0.3) is 5.91 Å². The van der Waals surface area contributed by atoms with Crippen molar-refractivity contribution in [3.63, 3.8) is 0 Å². The van der Waals surface area contributed by atoms with E-state index in [9.17, 15) is 9.18 Å². The van der Waals surface area contributed by atoms with E-state index in [2.05, 4.69) is 0 Å². The molecule has 1 amide bonds. The molecule has 1 aliphatic rings. The van der Waals surface area contributed by atoms with Gasteiger partial charge < -0.3 is 4.90 Å². The van der Waals surface area contributed by atoms with E-state index in [1.165, 1.54) is 11.8 Å². The molecule has 1 aliphatic heterocycles. The number of para-hydroxylation sites is 1. The molecular formula is C10H10FNO. The van der Waals surface area contributed by atoms with Crippen molar-refractivity contribution >= 4 is 11.6 Å². The molecule has 1 aromatic rings. The summed E-state index contributed by atoms with van der Waals surface area (Å²) in [6.07, 6.45) is 0. The maximum Gasteiger partial charge on any atom is 0.268 e. The quantitative estimate of drug-likeness (QED) is 0.595. The Morgan fingerprint density at radius 1 is 1.38 bits per heavy atom. The van der Waals surface area contributed by atoms with Gasteiger partial charge >= 0.3 is 0 Å². The molecule has 3 heteroatoms. The largest absolute Gasteiger partial charge is 0.312 e. The molecule has 0 N–H and O–H groups in total. The molecule has 0 spiro atoms. The second-order valence-corrected chi connectivity index (χ2v) is 3.38. The van der Waals surface area contributed by atoms with Crippen molar-refractivity contribution in [2.45, 2.75) is 12.6 Å². The van der Waals surface area contributed by atoms with E-state index in [0.717, 1.165) is 0 Å². The lowest BCUT2D eigenvalue weighted by Crippen LogP contribution is -2.32. The normalized spacial score (nSPS) is 26.4. The van der Waals surface area contributed by atoms with Crippen LogP contribution in [-0.2, 0) is 10.5 Å². The third-order valence-corrected chi connectivity index (χ3v) is 2.48. The minimum atomic E-state index is -1.86. The number of halogens is 1. The highest BCUT2D eigenvalue weighted by Gasteiger charge is 2.46. The Bertz CT molecular complexity index is 373. The maximum absolute atomic E-state index is 13.9. The molecule has 0 saturated heterocycles. The van der Waals surface area contributed by atoms with Crippen LogP contribution in [-0.4, -0.2) is 13.0 Å². The first-order valence-electron chi connectivity index (χ1n) is 4.11. The molecule has 1 unspecified atom stereocenters. The van der Waals surface area contributed by atoms with Gasteiger partial charge in [0.15, 0.2) is 0 Å². The van der Waals surface area contributed by atoms with Gasteiger partial charge in [-0.15, -0.1) is 0 Å². The summed E-state index contributed by atoms with van der Waals surface area (Å²) in [4.78, 5) is 12.8. The summed E-state index contributed by atoms with van der Waals surface area (Å²) in [6.45, 7) is 1.30. The summed E-state index contributed by atoms with van der Waals surface area (Å²) in [5.74, 6) is -0.492. The number of alkyl halides is 1. The zero-order chi connectivity index (χ0) is 9.64. The van der Waals surface area contributed by atoms with E-state index in [0.29, 0.717) is 11.3 Å². The summed E-state index contributed by atoms with van der Waals surface area (Å²) >= 11 is 0. The van der Waals surface area contributed by atoms with Crippen LogP contribution in [0.3, 0.4) is 0 Å². The number of amides is 1. The highest BCUT2D eigenvalue weighted by atomic mass is 19.1. The first kappa shape index (κ1) is 8.23. The van der Waals surface area contributed by atoms with Gasteiger partial charge in [0.2, 0.25) is 5.67 Å². The predicted molar refractivity (Wildman–Crippen MR) is 48.3 cm³/mol. The van der Waals surface area contributed by atoms with Crippen molar-refractivity contribution in [1.29, 1.82) is 0 Å². The van der Waals surface area contributed by atoms with Gasteiger partial charge in [0, 0.05) is 12.6 Å². The number of anilines is 1. The fraction of sp³-hybridized carbons (Fsp3) is 0.300. The summed E-state index contributed by atoms with van der Waals surface area (Å²) < 4.78 is 13.9. The molecule has 2 nitrogen and oxygen atoms in total. The molecule has 13 heavy (non-hydrogen) atoms. The molecule has 0 radical (unpaired) electrons. The minimum Gasteiger partial charge on any atom is -0.312 e.